The molecule has 9 heteroatoms. The predicted molar refractivity (Wildman–Crippen MR) is 59.7 cm³/mol. The minimum atomic E-state index is -4.11. The number of phosphoric acid groups is 1. The van der Waals surface area contributed by atoms with E-state index in [1.54, 1.807) is 6.92 Å². The van der Waals surface area contributed by atoms with Gasteiger partial charge in [-0.3, -0.25) is 13.9 Å². The van der Waals surface area contributed by atoms with Crippen LogP contribution in [0.15, 0.2) is 0 Å². The Hall–Kier alpha value is -0.0500. The first-order valence-electron chi connectivity index (χ1n) is 5.56. The van der Waals surface area contributed by atoms with E-state index in [-0.39, 0.29) is 12.7 Å². The zero-order valence-corrected chi connectivity index (χ0v) is 11.4. The standard InChI is InChI=1S/C9H18NO7P/c1-6-7-8(17-18(11,12)14-3)9(15-6,5-13-2)4-10-16-7/h6-8,10H,4-5H2,1-3H3,(H,11,12)/t6?,7-,8+,9-/m1/s1. The third-order valence-corrected chi connectivity index (χ3v) is 4.11. The molecule has 5 atom stereocenters. The number of methoxy groups -OCH3 is 1. The van der Waals surface area contributed by atoms with Crippen LogP contribution in [0.4, 0.5) is 0 Å². The Bertz CT molecular complexity index is 350. The second kappa shape index (κ2) is 5.15. The van der Waals surface area contributed by atoms with Crippen LogP contribution in [0.1, 0.15) is 6.92 Å². The molecule has 0 amide bonds. The van der Waals surface area contributed by atoms with E-state index in [0.717, 1.165) is 7.11 Å². The van der Waals surface area contributed by atoms with Crippen molar-refractivity contribution in [2.45, 2.75) is 30.8 Å². The minimum absolute atomic E-state index is 0.221. The lowest BCUT2D eigenvalue weighted by Gasteiger charge is -2.38. The molecule has 0 aromatic heterocycles. The fourth-order valence-electron chi connectivity index (χ4n) is 2.36. The van der Waals surface area contributed by atoms with Gasteiger partial charge in [0.1, 0.15) is 17.8 Å². The Morgan fingerprint density at radius 1 is 1.56 bits per heavy atom. The molecule has 106 valence electrons. The molecule has 2 saturated heterocycles. The normalized spacial score (nSPS) is 42.8. The van der Waals surface area contributed by atoms with E-state index in [1.165, 1.54) is 7.11 Å². The van der Waals surface area contributed by atoms with E-state index in [1.807, 2.05) is 0 Å². The summed E-state index contributed by atoms with van der Waals surface area (Å²) in [7, 11) is -1.48. The highest BCUT2D eigenvalue weighted by Gasteiger charge is 2.60. The van der Waals surface area contributed by atoms with Crippen molar-refractivity contribution in [2.75, 3.05) is 27.4 Å². The van der Waals surface area contributed by atoms with Crippen molar-refractivity contribution in [3.63, 3.8) is 0 Å². The summed E-state index contributed by atoms with van der Waals surface area (Å²) in [5.74, 6) is 0. The molecule has 0 aromatic carbocycles. The molecule has 18 heavy (non-hydrogen) atoms. The molecule has 2 fully saturated rings. The minimum Gasteiger partial charge on any atom is -0.382 e. The van der Waals surface area contributed by atoms with E-state index in [4.69, 9.17) is 18.8 Å². The van der Waals surface area contributed by atoms with Gasteiger partial charge in [0.15, 0.2) is 0 Å². The smallest absolute Gasteiger partial charge is 0.382 e. The lowest BCUT2D eigenvalue weighted by atomic mass is 9.94. The van der Waals surface area contributed by atoms with Gasteiger partial charge in [-0.25, -0.2) is 4.57 Å². The number of hydrogen-bond donors (Lipinski definition) is 2. The van der Waals surface area contributed by atoms with E-state index in [2.05, 4.69) is 10.0 Å². The van der Waals surface area contributed by atoms with Crippen LogP contribution in [0.5, 0.6) is 0 Å². The number of rotatable bonds is 5. The summed E-state index contributed by atoms with van der Waals surface area (Å²) >= 11 is 0. The summed E-state index contributed by atoms with van der Waals surface area (Å²) in [6.45, 7) is 2.33. The maximum absolute atomic E-state index is 11.6. The number of hydroxylamine groups is 1. The van der Waals surface area contributed by atoms with E-state index >= 15 is 0 Å². The maximum Gasteiger partial charge on any atom is 0.472 e. The van der Waals surface area contributed by atoms with Crippen LogP contribution in [0.2, 0.25) is 0 Å². The average molecular weight is 283 g/mol. The first-order valence-corrected chi connectivity index (χ1v) is 7.06. The summed E-state index contributed by atoms with van der Waals surface area (Å²) < 4.78 is 32.1. The molecule has 2 unspecified atom stereocenters. The highest BCUT2D eigenvalue weighted by Crippen LogP contribution is 2.50. The van der Waals surface area contributed by atoms with E-state index in [0.29, 0.717) is 6.54 Å². The molecule has 2 rings (SSSR count). The van der Waals surface area contributed by atoms with Gasteiger partial charge in [-0.1, -0.05) is 0 Å². The summed E-state index contributed by atoms with van der Waals surface area (Å²) in [4.78, 5) is 14.8. The van der Waals surface area contributed by atoms with Gasteiger partial charge in [0.25, 0.3) is 0 Å². The lowest BCUT2D eigenvalue weighted by Crippen LogP contribution is -2.59. The van der Waals surface area contributed by atoms with Gasteiger partial charge in [0, 0.05) is 14.2 Å². The van der Waals surface area contributed by atoms with Crippen LogP contribution in [0.25, 0.3) is 0 Å². The number of nitrogens with one attached hydrogen (secondary N) is 1. The van der Waals surface area contributed by atoms with Crippen molar-refractivity contribution < 1.29 is 32.8 Å². The van der Waals surface area contributed by atoms with Gasteiger partial charge < -0.3 is 14.4 Å². The Labute approximate surface area is 105 Å². The second-order valence-corrected chi connectivity index (χ2v) is 5.91. The Kier molecular flexibility index (Phi) is 4.10. The van der Waals surface area contributed by atoms with Crippen LogP contribution in [-0.2, 0) is 27.9 Å². The Balaban J connectivity index is 2.22. The van der Waals surface area contributed by atoms with Crippen molar-refractivity contribution in [1.82, 2.24) is 5.48 Å². The topological polar surface area (TPSA) is 95.5 Å². The highest BCUT2D eigenvalue weighted by atomic mass is 31.2. The van der Waals surface area contributed by atoms with Crippen LogP contribution in [0, 0.1) is 0 Å². The zero-order chi connectivity index (χ0) is 13.4. The molecule has 2 N–H and O–H groups in total. The summed E-state index contributed by atoms with van der Waals surface area (Å²) in [6.07, 6.45) is -1.51. The first-order chi connectivity index (χ1) is 8.44. The van der Waals surface area contributed by atoms with E-state index in [9.17, 15) is 9.46 Å². The van der Waals surface area contributed by atoms with Gasteiger partial charge in [-0.2, -0.15) is 5.48 Å². The molecule has 0 spiro atoms. The quantitative estimate of drug-likeness (QED) is 0.671. The lowest BCUT2D eigenvalue weighted by molar-refractivity contribution is -0.159. The largest absolute Gasteiger partial charge is 0.472 e. The molecule has 2 bridgehead atoms. The molecule has 0 saturated carbocycles. The van der Waals surface area contributed by atoms with Crippen molar-refractivity contribution in [3.8, 4) is 0 Å². The average Bonchev–Trinajstić information content (AvgIpc) is 2.47. The fraction of sp³-hybridized carbons (Fsp3) is 1.00. The monoisotopic (exact) mass is 283 g/mol. The third-order valence-electron chi connectivity index (χ3n) is 3.16. The number of phosphoric ester groups is 1. The number of fused-ring (bicyclic) bond motifs is 2. The summed E-state index contributed by atoms with van der Waals surface area (Å²) in [6, 6.07) is 0. The zero-order valence-electron chi connectivity index (χ0n) is 10.5. The molecule has 8 nitrogen and oxygen atoms in total. The van der Waals surface area contributed by atoms with Crippen LogP contribution in [-0.4, -0.2) is 56.2 Å². The second-order valence-electron chi connectivity index (χ2n) is 4.40. The van der Waals surface area contributed by atoms with Crippen molar-refractivity contribution in [2.24, 2.45) is 0 Å². The van der Waals surface area contributed by atoms with Crippen LogP contribution >= 0.6 is 7.82 Å². The van der Waals surface area contributed by atoms with Crippen molar-refractivity contribution >= 4 is 7.82 Å². The van der Waals surface area contributed by atoms with Gasteiger partial charge in [-0.15, -0.1) is 0 Å². The SMILES string of the molecule is COC[C@@]12CNO[C@H](C(C)O1)[C@@H]2OP(=O)(O)OC. The Morgan fingerprint density at radius 2 is 2.28 bits per heavy atom. The van der Waals surface area contributed by atoms with Gasteiger partial charge in [-0.05, 0) is 6.92 Å². The molecule has 2 aliphatic heterocycles. The van der Waals surface area contributed by atoms with E-state index < -0.39 is 25.6 Å². The highest BCUT2D eigenvalue weighted by molar-refractivity contribution is 7.47. The van der Waals surface area contributed by atoms with Gasteiger partial charge in [0.2, 0.25) is 0 Å². The molecule has 0 aromatic rings. The van der Waals surface area contributed by atoms with Gasteiger partial charge >= 0.3 is 7.82 Å². The van der Waals surface area contributed by atoms with Gasteiger partial charge in [0.05, 0.1) is 19.3 Å². The van der Waals surface area contributed by atoms with Crippen LogP contribution in [0.3, 0.4) is 0 Å². The molecule has 0 aliphatic carbocycles. The first kappa shape index (κ1) is 14.4. The molecular formula is C9H18NO7P. The maximum atomic E-state index is 11.6. The summed E-state index contributed by atoms with van der Waals surface area (Å²) in [5.41, 5.74) is 1.89. The number of ether oxygens (including phenoxy) is 2. The van der Waals surface area contributed by atoms with Crippen LogP contribution < -0.4 is 5.48 Å². The van der Waals surface area contributed by atoms with Crippen molar-refractivity contribution in [3.05, 3.63) is 0 Å². The third kappa shape index (κ3) is 2.48. The fourth-order valence-corrected chi connectivity index (χ4v) is 3.05. The van der Waals surface area contributed by atoms with Crippen molar-refractivity contribution in [1.29, 1.82) is 0 Å². The molecule has 2 aliphatic rings. The summed E-state index contributed by atoms with van der Waals surface area (Å²) in [5, 5.41) is 0. The number of hydrogen-bond acceptors (Lipinski definition) is 7. The molecule has 0 radical (unpaired) electrons. The predicted octanol–water partition coefficient (Wildman–Crippen LogP) is -0.174. The molecule has 2 heterocycles. The molecular weight excluding hydrogens is 265 g/mol. The Morgan fingerprint density at radius 3 is 2.89 bits per heavy atom.